The van der Waals surface area contributed by atoms with Crippen LogP contribution in [0.15, 0.2) is 30.3 Å². The summed E-state index contributed by atoms with van der Waals surface area (Å²) in [6.07, 6.45) is 0. The van der Waals surface area contributed by atoms with Gasteiger partial charge in [-0.3, -0.25) is 4.79 Å². The SMILES string of the molecule is COc1cc(OC)c(C(=O)Nc2c(C(C)C)cccc2C(C)C)cc1OC. The lowest BCUT2D eigenvalue weighted by molar-refractivity contribution is 0.102. The molecule has 0 heterocycles. The van der Waals surface area contributed by atoms with Crippen LogP contribution in [0, 0.1) is 0 Å². The fourth-order valence-corrected chi connectivity index (χ4v) is 3.08. The fourth-order valence-electron chi connectivity index (χ4n) is 3.08. The quantitative estimate of drug-likeness (QED) is 0.726. The molecule has 5 nitrogen and oxygen atoms in total. The Balaban J connectivity index is 2.52. The highest BCUT2D eigenvalue weighted by Gasteiger charge is 2.21. The van der Waals surface area contributed by atoms with E-state index in [1.165, 1.54) is 14.2 Å². The molecule has 1 amide bonds. The number of benzene rings is 2. The Morgan fingerprint density at radius 3 is 1.74 bits per heavy atom. The number of anilines is 1. The van der Waals surface area contributed by atoms with Crippen LogP contribution in [0.2, 0.25) is 0 Å². The molecule has 1 N–H and O–H groups in total. The summed E-state index contributed by atoms with van der Waals surface area (Å²) in [4.78, 5) is 13.1. The minimum atomic E-state index is -0.247. The largest absolute Gasteiger partial charge is 0.496 e. The summed E-state index contributed by atoms with van der Waals surface area (Å²) in [6.45, 7) is 8.47. The van der Waals surface area contributed by atoms with Gasteiger partial charge in [-0.05, 0) is 23.0 Å². The minimum Gasteiger partial charge on any atom is -0.496 e. The van der Waals surface area contributed by atoms with Gasteiger partial charge in [-0.1, -0.05) is 45.9 Å². The third-order valence-electron chi connectivity index (χ3n) is 4.56. The van der Waals surface area contributed by atoms with E-state index in [-0.39, 0.29) is 17.7 Å². The highest BCUT2D eigenvalue weighted by molar-refractivity contribution is 6.07. The molecule has 146 valence electrons. The Bertz CT molecular complexity index is 786. The van der Waals surface area contributed by atoms with Crippen molar-refractivity contribution in [3.63, 3.8) is 0 Å². The molecule has 0 atom stereocenters. The number of amides is 1. The number of carbonyl (C=O) groups excluding carboxylic acids is 1. The van der Waals surface area contributed by atoms with Crippen LogP contribution in [-0.4, -0.2) is 27.2 Å². The van der Waals surface area contributed by atoms with Gasteiger partial charge in [-0.2, -0.15) is 0 Å². The predicted molar refractivity (Wildman–Crippen MR) is 109 cm³/mol. The number of carbonyl (C=O) groups is 1. The Hall–Kier alpha value is -2.69. The van der Waals surface area contributed by atoms with Crippen LogP contribution in [0.4, 0.5) is 5.69 Å². The summed E-state index contributed by atoms with van der Waals surface area (Å²) in [6, 6.07) is 9.44. The molecule has 0 aromatic heterocycles. The van der Waals surface area contributed by atoms with Crippen molar-refractivity contribution in [2.45, 2.75) is 39.5 Å². The molecular weight excluding hydrogens is 342 g/mol. The average molecular weight is 371 g/mol. The van der Waals surface area contributed by atoms with E-state index in [4.69, 9.17) is 14.2 Å². The molecule has 0 spiro atoms. The number of nitrogens with one attached hydrogen (secondary N) is 1. The Kier molecular flexibility index (Phi) is 6.72. The Morgan fingerprint density at radius 2 is 1.30 bits per heavy atom. The maximum atomic E-state index is 13.1. The van der Waals surface area contributed by atoms with Gasteiger partial charge in [0, 0.05) is 17.8 Å². The van der Waals surface area contributed by atoms with E-state index in [2.05, 4.69) is 45.1 Å². The highest BCUT2D eigenvalue weighted by atomic mass is 16.5. The maximum absolute atomic E-state index is 13.1. The molecule has 0 saturated heterocycles. The number of hydrogen-bond acceptors (Lipinski definition) is 4. The maximum Gasteiger partial charge on any atom is 0.259 e. The Labute approximate surface area is 161 Å². The summed E-state index contributed by atoms with van der Waals surface area (Å²) in [5.74, 6) is 1.74. The number of ether oxygens (including phenoxy) is 3. The number of hydrogen-bond donors (Lipinski definition) is 1. The molecule has 2 aromatic rings. The van der Waals surface area contributed by atoms with Crippen LogP contribution in [0.1, 0.15) is 61.0 Å². The van der Waals surface area contributed by atoms with Gasteiger partial charge in [0.1, 0.15) is 5.75 Å². The van der Waals surface area contributed by atoms with Crippen LogP contribution >= 0.6 is 0 Å². The summed E-state index contributed by atoms with van der Waals surface area (Å²) >= 11 is 0. The van der Waals surface area contributed by atoms with Crippen molar-refractivity contribution in [1.29, 1.82) is 0 Å². The normalized spacial score (nSPS) is 10.9. The van der Waals surface area contributed by atoms with Gasteiger partial charge < -0.3 is 19.5 Å². The first kappa shape index (κ1) is 20.6. The second-order valence-electron chi connectivity index (χ2n) is 6.98. The van der Waals surface area contributed by atoms with Crippen molar-refractivity contribution in [3.05, 3.63) is 47.0 Å². The summed E-state index contributed by atoms with van der Waals surface area (Å²) < 4.78 is 16.0. The van der Waals surface area contributed by atoms with Gasteiger partial charge in [0.2, 0.25) is 0 Å². The van der Waals surface area contributed by atoms with Gasteiger partial charge in [0.15, 0.2) is 11.5 Å². The van der Waals surface area contributed by atoms with Gasteiger partial charge in [-0.15, -0.1) is 0 Å². The van der Waals surface area contributed by atoms with Crippen molar-refractivity contribution >= 4 is 11.6 Å². The molecule has 0 aliphatic heterocycles. The lowest BCUT2D eigenvalue weighted by atomic mass is 9.92. The first-order valence-corrected chi connectivity index (χ1v) is 9.08. The standard InChI is InChI=1S/C22H29NO4/c1-13(2)15-9-8-10-16(14(3)4)21(15)23-22(24)17-11-19(26-6)20(27-7)12-18(17)25-5/h8-14H,1-7H3,(H,23,24). The molecular formula is C22H29NO4. The summed E-state index contributed by atoms with van der Waals surface area (Å²) in [5.41, 5.74) is 3.47. The number of methoxy groups -OCH3 is 3. The zero-order valence-electron chi connectivity index (χ0n) is 17.2. The molecule has 0 bridgehead atoms. The number of para-hydroxylation sites is 1. The van der Waals surface area contributed by atoms with Gasteiger partial charge >= 0.3 is 0 Å². The van der Waals surface area contributed by atoms with E-state index in [9.17, 15) is 4.79 Å². The molecule has 2 aromatic carbocycles. The van der Waals surface area contributed by atoms with Gasteiger partial charge in [0.25, 0.3) is 5.91 Å². The van der Waals surface area contributed by atoms with Gasteiger partial charge in [0.05, 0.1) is 26.9 Å². The van der Waals surface area contributed by atoms with E-state index in [1.54, 1.807) is 19.2 Å². The van der Waals surface area contributed by atoms with E-state index < -0.39 is 0 Å². The Morgan fingerprint density at radius 1 is 0.815 bits per heavy atom. The van der Waals surface area contributed by atoms with Crippen LogP contribution < -0.4 is 19.5 Å². The molecule has 0 aliphatic carbocycles. The first-order chi connectivity index (χ1) is 12.8. The van der Waals surface area contributed by atoms with E-state index in [0.717, 1.165) is 16.8 Å². The van der Waals surface area contributed by atoms with Crippen LogP contribution in [0.3, 0.4) is 0 Å². The second-order valence-corrected chi connectivity index (χ2v) is 6.98. The lowest BCUT2D eigenvalue weighted by Gasteiger charge is -2.21. The zero-order chi connectivity index (χ0) is 20.1. The van der Waals surface area contributed by atoms with E-state index >= 15 is 0 Å². The summed E-state index contributed by atoms with van der Waals surface area (Å²) in [7, 11) is 4.61. The van der Waals surface area contributed by atoms with E-state index in [1.807, 2.05) is 6.07 Å². The average Bonchev–Trinajstić information content (AvgIpc) is 2.66. The summed E-state index contributed by atoms with van der Waals surface area (Å²) in [5, 5.41) is 3.11. The first-order valence-electron chi connectivity index (χ1n) is 9.08. The van der Waals surface area contributed by atoms with Crippen LogP contribution in [0.5, 0.6) is 17.2 Å². The van der Waals surface area contributed by atoms with Crippen molar-refractivity contribution in [2.24, 2.45) is 0 Å². The molecule has 0 saturated carbocycles. The molecule has 0 aliphatic rings. The second kappa shape index (κ2) is 8.80. The van der Waals surface area contributed by atoms with E-state index in [0.29, 0.717) is 22.8 Å². The third-order valence-corrected chi connectivity index (χ3v) is 4.56. The van der Waals surface area contributed by atoms with Crippen LogP contribution in [-0.2, 0) is 0 Å². The van der Waals surface area contributed by atoms with Crippen molar-refractivity contribution in [2.75, 3.05) is 26.6 Å². The monoisotopic (exact) mass is 371 g/mol. The molecule has 0 unspecified atom stereocenters. The third kappa shape index (κ3) is 4.35. The molecule has 27 heavy (non-hydrogen) atoms. The van der Waals surface area contributed by atoms with Crippen molar-refractivity contribution in [3.8, 4) is 17.2 Å². The topological polar surface area (TPSA) is 56.8 Å². The molecule has 2 rings (SSSR count). The predicted octanol–water partition coefficient (Wildman–Crippen LogP) is 5.21. The van der Waals surface area contributed by atoms with Crippen molar-refractivity contribution in [1.82, 2.24) is 0 Å². The zero-order valence-corrected chi connectivity index (χ0v) is 17.2. The minimum absolute atomic E-state index is 0.247. The molecule has 5 heteroatoms. The number of rotatable bonds is 7. The highest BCUT2D eigenvalue weighted by Crippen LogP contribution is 2.37. The van der Waals surface area contributed by atoms with Gasteiger partial charge in [-0.25, -0.2) is 0 Å². The molecule has 0 radical (unpaired) electrons. The fraction of sp³-hybridized carbons (Fsp3) is 0.409. The van der Waals surface area contributed by atoms with Crippen LogP contribution in [0.25, 0.3) is 0 Å². The molecule has 0 fully saturated rings. The van der Waals surface area contributed by atoms with Crippen molar-refractivity contribution < 1.29 is 19.0 Å². The smallest absolute Gasteiger partial charge is 0.259 e. The lowest BCUT2D eigenvalue weighted by Crippen LogP contribution is -2.17.